The van der Waals surface area contributed by atoms with Gasteiger partial charge in [0, 0.05) is 12.7 Å². The van der Waals surface area contributed by atoms with Gasteiger partial charge in [-0.25, -0.2) is 0 Å². The third-order valence-electron chi connectivity index (χ3n) is 2.35. The summed E-state index contributed by atoms with van der Waals surface area (Å²) in [6, 6.07) is 1.87. The second-order valence-electron chi connectivity index (χ2n) is 3.21. The van der Waals surface area contributed by atoms with Crippen molar-refractivity contribution < 1.29 is 0 Å². The van der Waals surface area contributed by atoms with Gasteiger partial charge in [0.1, 0.15) is 5.52 Å². The highest BCUT2D eigenvalue weighted by Gasteiger charge is 2.08. The predicted octanol–water partition coefficient (Wildman–Crippen LogP) is 0.420. The Labute approximate surface area is 84.7 Å². The van der Waals surface area contributed by atoms with Crippen LogP contribution in [-0.4, -0.2) is 14.2 Å². The first-order valence-electron chi connectivity index (χ1n) is 4.09. The number of aromatic amines is 1. The monoisotopic (exact) mass is 210 g/mol. The second kappa shape index (κ2) is 2.71. The SMILES string of the molecule is Cc1cc2[nH]c(=S)n(N)c(=O)c2n1C. The van der Waals surface area contributed by atoms with E-state index in [-0.39, 0.29) is 10.3 Å². The topological polar surface area (TPSA) is 68.7 Å². The molecular formula is C8H10N4OS. The van der Waals surface area contributed by atoms with E-state index in [2.05, 4.69) is 4.98 Å². The summed E-state index contributed by atoms with van der Waals surface area (Å²) in [6.07, 6.45) is 0. The van der Waals surface area contributed by atoms with Crippen LogP contribution in [0.3, 0.4) is 0 Å². The molecule has 0 spiro atoms. The van der Waals surface area contributed by atoms with Crippen molar-refractivity contribution >= 4 is 23.3 Å². The minimum absolute atomic E-state index is 0.230. The Morgan fingerprint density at radius 2 is 2.21 bits per heavy atom. The van der Waals surface area contributed by atoms with Gasteiger partial charge >= 0.3 is 0 Å². The number of nitrogens with one attached hydrogen (secondary N) is 1. The molecule has 2 rings (SSSR count). The second-order valence-corrected chi connectivity index (χ2v) is 3.60. The van der Waals surface area contributed by atoms with Crippen LogP contribution < -0.4 is 11.4 Å². The maximum atomic E-state index is 11.7. The van der Waals surface area contributed by atoms with E-state index >= 15 is 0 Å². The molecule has 0 aliphatic rings. The lowest BCUT2D eigenvalue weighted by molar-refractivity contribution is 0.855. The van der Waals surface area contributed by atoms with E-state index in [1.54, 1.807) is 4.57 Å². The molecule has 3 N–H and O–H groups in total. The third kappa shape index (κ3) is 1.00. The highest BCUT2D eigenvalue weighted by molar-refractivity contribution is 7.71. The molecule has 2 aromatic rings. The molecule has 0 saturated carbocycles. The number of nitrogen functional groups attached to an aromatic ring is 1. The Morgan fingerprint density at radius 1 is 1.57 bits per heavy atom. The molecule has 0 atom stereocenters. The van der Waals surface area contributed by atoms with Gasteiger partial charge in [0.2, 0.25) is 0 Å². The van der Waals surface area contributed by atoms with Gasteiger partial charge in [-0.15, -0.1) is 0 Å². The van der Waals surface area contributed by atoms with Crippen molar-refractivity contribution in [2.24, 2.45) is 7.05 Å². The minimum atomic E-state index is -0.278. The number of H-pyrrole nitrogens is 1. The van der Waals surface area contributed by atoms with Crippen LogP contribution in [0.25, 0.3) is 11.0 Å². The first-order chi connectivity index (χ1) is 6.52. The number of hydrogen-bond donors (Lipinski definition) is 2. The van der Waals surface area contributed by atoms with Crippen molar-refractivity contribution in [1.82, 2.24) is 14.2 Å². The summed E-state index contributed by atoms with van der Waals surface area (Å²) in [5.41, 5.74) is 1.97. The lowest BCUT2D eigenvalue weighted by Gasteiger charge is -2.00. The number of hydrogen-bond acceptors (Lipinski definition) is 3. The van der Waals surface area contributed by atoms with Crippen LogP contribution in [0, 0.1) is 11.7 Å². The van der Waals surface area contributed by atoms with Crippen molar-refractivity contribution in [3.63, 3.8) is 0 Å². The van der Waals surface area contributed by atoms with Crippen molar-refractivity contribution in [2.45, 2.75) is 6.92 Å². The summed E-state index contributed by atoms with van der Waals surface area (Å²) in [4.78, 5) is 14.6. The number of nitrogens with two attached hydrogens (primary N) is 1. The van der Waals surface area contributed by atoms with Gasteiger partial charge in [-0.3, -0.25) is 4.79 Å². The molecule has 14 heavy (non-hydrogen) atoms. The molecule has 0 radical (unpaired) electrons. The Balaban J connectivity index is 3.15. The molecular weight excluding hydrogens is 200 g/mol. The summed E-state index contributed by atoms with van der Waals surface area (Å²) in [7, 11) is 1.82. The number of nitrogens with zero attached hydrogens (tertiary/aromatic N) is 2. The molecule has 74 valence electrons. The van der Waals surface area contributed by atoms with E-state index in [0.717, 1.165) is 15.9 Å². The van der Waals surface area contributed by atoms with Crippen LogP contribution in [0.1, 0.15) is 5.69 Å². The van der Waals surface area contributed by atoms with E-state index in [9.17, 15) is 4.79 Å². The van der Waals surface area contributed by atoms with Gasteiger partial charge in [-0.05, 0) is 25.2 Å². The molecule has 2 heterocycles. The number of aryl methyl sites for hydroxylation is 2. The fourth-order valence-corrected chi connectivity index (χ4v) is 1.66. The fourth-order valence-electron chi connectivity index (χ4n) is 1.47. The zero-order chi connectivity index (χ0) is 10.5. The van der Waals surface area contributed by atoms with Crippen LogP contribution in [0.5, 0.6) is 0 Å². The minimum Gasteiger partial charge on any atom is -0.342 e. The van der Waals surface area contributed by atoms with Gasteiger partial charge < -0.3 is 15.4 Å². The zero-order valence-electron chi connectivity index (χ0n) is 7.87. The Bertz CT molecular complexity index is 619. The molecule has 0 bridgehead atoms. The average Bonchev–Trinajstić information content (AvgIpc) is 2.39. The van der Waals surface area contributed by atoms with Crippen molar-refractivity contribution in [1.29, 1.82) is 0 Å². The van der Waals surface area contributed by atoms with E-state index in [1.807, 2.05) is 20.0 Å². The van der Waals surface area contributed by atoms with Crippen molar-refractivity contribution in [3.05, 3.63) is 26.9 Å². The summed E-state index contributed by atoms with van der Waals surface area (Å²) in [6.45, 7) is 1.91. The van der Waals surface area contributed by atoms with E-state index in [4.69, 9.17) is 18.1 Å². The molecule has 0 amide bonds. The van der Waals surface area contributed by atoms with Crippen molar-refractivity contribution in [3.8, 4) is 0 Å². The van der Waals surface area contributed by atoms with Gasteiger partial charge in [-0.2, -0.15) is 4.68 Å². The van der Waals surface area contributed by atoms with Crippen LogP contribution in [0.15, 0.2) is 10.9 Å². The Kier molecular flexibility index (Phi) is 1.75. The highest BCUT2D eigenvalue weighted by atomic mass is 32.1. The summed E-state index contributed by atoms with van der Waals surface area (Å²) >= 11 is 4.89. The zero-order valence-corrected chi connectivity index (χ0v) is 8.68. The molecule has 2 aromatic heterocycles. The molecule has 0 fully saturated rings. The Morgan fingerprint density at radius 3 is 2.86 bits per heavy atom. The van der Waals surface area contributed by atoms with Gasteiger partial charge in [0.05, 0.1) is 5.52 Å². The molecule has 0 aliphatic heterocycles. The Hall–Kier alpha value is -1.56. The first-order valence-corrected chi connectivity index (χ1v) is 4.49. The first kappa shape index (κ1) is 9.01. The molecule has 0 aromatic carbocycles. The van der Waals surface area contributed by atoms with Gasteiger partial charge in [0.15, 0.2) is 4.77 Å². The van der Waals surface area contributed by atoms with Crippen LogP contribution in [0.4, 0.5) is 0 Å². The van der Waals surface area contributed by atoms with Crippen molar-refractivity contribution in [2.75, 3.05) is 5.84 Å². The highest BCUT2D eigenvalue weighted by Crippen LogP contribution is 2.11. The summed E-state index contributed by atoms with van der Waals surface area (Å²) in [5, 5.41) is 0. The molecule has 5 nitrogen and oxygen atoms in total. The lowest BCUT2D eigenvalue weighted by Crippen LogP contribution is -2.29. The van der Waals surface area contributed by atoms with E-state index < -0.39 is 0 Å². The lowest BCUT2D eigenvalue weighted by atomic mass is 10.4. The maximum Gasteiger partial charge on any atom is 0.297 e. The quantitative estimate of drug-likeness (QED) is 0.489. The van der Waals surface area contributed by atoms with Crippen LogP contribution >= 0.6 is 12.2 Å². The average molecular weight is 210 g/mol. The fraction of sp³-hybridized carbons (Fsp3) is 0.250. The standard InChI is InChI=1S/C8H10N4OS/c1-4-3-5-6(11(4)2)7(13)12(9)8(14)10-5/h3H,9H2,1-2H3,(H,10,14). The molecule has 0 unspecified atom stereocenters. The van der Waals surface area contributed by atoms with Crippen LogP contribution in [0.2, 0.25) is 0 Å². The number of aromatic nitrogens is 3. The number of fused-ring (bicyclic) bond motifs is 1. The largest absolute Gasteiger partial charge is 0.342 e. The summed E-state index contributed by atoms with van der Waals surface area (Å²) in [5.74, 6) is 5.48. The third-order valence-corrected chi connectivity index (χ3v) is 2.65. The van der Waals surface area contributed by atoms with E-state index in [1.165, 1.54) is 0 Å². The van der Waals surface area contributed by atoms with E-state index in [0.29, 0.717) is 5.52 Å². The predicted molar refractivity (Wildman–Crippen MR) is 57.3 cm³/mol. The van der Waals surface area contributed by atoms with Gasteiger partial charge in [-0.1, -0.05) is 0 Å². The normalized spacial score (nSPS) is 11.0. The smallest absolute Gasteiger partial charge is 0.297 e. The molecule has 0 aliphatic carbocycles. The van der Waals surface area contributed by atoms with Crippen LogP contribution in [-0.2, 0) is 7.05 Å². The molecule has 0 saturated heterocycles. The molecule has 6 heteroatoms. The van der Waals surface area contributed by atoms with Gasteiger partial charge in [0.25, 0.3) is 5.56 Å². The summed E-state index contributed by atoms with van der Waals surface area (Å²) < 4.78 is 2.96. The maximum absolute atomic E-state index is 11.7. The number of rotatable bonds is 0.